The lowest BCUT2D eigenvalue weighted by Gasteiger charge is -2.22. The molecular formula is C18H20N4OS. The lowest BCUT2D eigenvalue weighted by Crippen LogP contribution is -2.27. The van der Waals surface area contributed by atoms with E-state index in [9.17, 15) is 0 Å². The van der Waals surface area contributed by atoms with Crippen LogP contribution in [0, 0.1) is 5.41 Å². The Labute approximate surface area is 144 Å². The van der Waals surface area contributed by atoms with Gasteiger partial charge in [-0.05, 0) is 25.1 Å². The standard InChI is InChI=1S/C18H20N4OS/c1-21-8-7-13-15(10-21)24-18-16(13)17(19)22(11-20-18)9-12-5-3-4-6-14(12)23-2/h3-6,11,19H,7-10H2,1-2H3. The molecule has 1 aliphatic rings. The molecule has 0 saturated heterocycles. The number of hydrogen-bond donors (Lipinski definition) is 1. The molecule has 5 nitrogen and oxygen atoms in total. The van der Waals surface area contributed by atoms with Gasteiger partial charge in [-0.3, -0.25) is 5.41 Å². The Kier molecular flexibility index (Phi) is 3.86. The highest BCUT2D eigenvalue weighted by Crippen LogP contribution is 2.31. The molecule has 0 aliphatic carbocycles. The summed E-state index contributed by atoms with van der Waals surface area (Å²) in [6.07, 6.45) is 2.78. The predicted octanol–water partition coefficient (Wildman–Crippen LogP) is 2.62. The van der Waals surface area contributed by atoms with Gasteiger partial charge >= 0.3 is 0 Å². The smallest absolute Gasteiger partial charge is 0.136 e. The van der Waals surface area contributed by atoms with E-state index < -0.39 is 0 Å². The molecule has 3 aromatic rings. The minimum absolute atomic E-state index is 0.549. The third-order valence-electron chi connectivity index (χ3n) is 4.60. The van der Waals surface area contributed by atoms with Crippen LogP contribution in [0.25, 0.3) is 10.2 Å². The lowest BCUT2D eigenvalue weighted by atomic mass is 10.1. The van der Waals surface area contributed by atoms with E-state index >= 15 is 0 Å². The molecule has 0 atom stereocenters. The lowest BCUT2D eigenvalue weighted by molar-refractivity contribution is 0.318. The van der Waals surface area contributed by atoms with E-state index in [-0.39, 0.29) is 0 Å². The monoisotopic (exact) mass is 340 g/mol. The second kappa shape index (κ2) is 6.03. The molecule has 1 aliphatic heterocycles. The third-order valence-corrected chi connectivity index (χ3v) is 5.73. The summed E-state index contributed by atoms with van der Waals surface area (Å²) in [5, 5.41) is 9.73. The average Bonchev–Trinajstić information content (AvgIpc) is 2.96. The Balaban J connectivity index is 1.80. The number of fused-ring (bicyclic) bond motifs is 3. The van der Waals surface area contributed by atoms with Gasteiger partial charge in [0.05, 0.1) is 25.4 Å². The number of likely N-dealkylation sites (N-methyl/N-ethyl adjacent to an activating group) is 1. The van der Waals surface area contributed by atoms with Gasteiger partial charge in [-0.15, -0.1) is 11.3 Å². The molecule has 0 unspecified atom stereocenters. The number of thiophene rings is 1. The van der Waals surface area contributed by atoms with Crippen molar-refractivity contribution in [2.24, 2.45) is 0 Å². The maximum Gasteiger partial charge on any atom is 0.136 e. The minimum atomic E-state index is 0.549. The van der Waals surface area contributed by atoms with Gasteiger partial charge in [-0.1, -0.05) is 18.2 Å². The van der Waals surface area contributed by atoms with Crippen molar-refractivity contribution in [3.8, 4) is 5.75 Å². The Morgan fingerprint density at radius 2 is 2.17 bits per heavy atom. The Morgan fingerprint density at radius 1 is 1.33 bits per heavy atom. The summed E-state index contributed by atoms with van der Waals surface area (Å²) in [6, 6.07) is 7.94. The summed E-state index contributed by atoms with van der Waals surface area (Å²) in [5.41, 5.74) is 2.93. The maximum atomic E-state index is 8.70. The number of hydrogen-bond acceptors (Lipinski definition) is 5. The van der Waals surface area contributed by atoms with Crippen LogP contribution in [0.1, 0.15) is 16.0 Å². The molecule has 0 saturated carbocycles. The molecule has 0 amide bonds. The normalized spacial score (nSPS) is 14.8. The number of methoxy groups -OCH3 is 1. The summed E-state index contributed by atoms with van der Waals surface area (Å²) in [7, 11) is 3.82. The van der Waals surface area contributed by atoms with Crippen molar-refractivity contribution in [1.82, 2.24) is 14.5 Å². The van der Waals surface area contributed by atoms with Crippen molar-refractivity contribution >= 4 is 21.6 Å². The van der Waals surface area contributed by atoms with Gasteiger partial charge < -0.3 is 14.2 Å². The molecule has 3 heterocycles. The van der Waals surface area contributed by atoms with E-state index in [0.717, 1.165) is 41.0 Å². The van der Waals surface area contributed by atoms with Crippen LogP contribution in [0.3, 0.4) is 0 Å². The van der Waals surface area contributed by atoms with Gasteiger partial charge in [0.2, 0.25) is 0 Å². The fourth-order valence-electron chi connectivity index (χ4n) is 3.31. The van der Waals surface area contributed by atoms with E-state index in [2.05, 4.69) is 16.9 Å². The molecular weight excluding hydrogens is 320 g/mol. The van der Waals surface area contributed by atoms with Crippen LogP contribution in [-0.4, -0.2) is 35.2 Å². The second-order valence-corrected chi connectivity index (χ2v) is 7.29. The van der Waals surface area contributed by atoms with E-state index in [0.29, 0.717) is 12.0 Å². The van der Waals surface area contributed by atoms with Gasteiger partial charge in [0.15, 0.2) is 0 Å². The van der Waals surface area contributed by atoms with Crippen LogP contribution in [-0.2, 0) is 19.5 Å². The van der Waals surface area contributed by atoms with Gasteiger partial charge in [0, 0.05) is 23.5 Å². The van der Waals surface area contributed by atoms with Gasteiger partial charge in [-0.2, -0.15) is 0 Å². The highest BCUT2D eigenvalue weighted by Gasteiger charge is 2.21. The van der Waals surface area contributed by atoms with Crippen molar-refractivity contribution < 1.29 is 4.74 Å². The molecule has 0 bridgehead atoms. The average molecular weight is 340 g/mol. The Bertz CT molecular complexity index is 959. The number of aromatic nitrogens is 2. The molecule has 0 spiro atoms. The van der Waals surface area contributed by atoms with E-state index in [1.165, 1.54) is 10.4 Å². The van der Waals surface area contributed by atoms with Crippen molar-refractivity contribution in [2.45, 2.75) is 19.5 Å². The predicted molar refractivity (Wildman–Crippen MR) is 95.6 cm³/mol. The third kappa shape index (κ3) is 2.52. The number of benzene rings is 1. The van der Waals surface area contributed by atoms with Crippen LogP contribution in [0.4, 0.5) is 0 Å². The summed E-state index contributed by atoms with van der Waals surface area (Å²) in [5.74, 6) is 0.846. The van der Waals surface area contributed by atoms with Gasteiger partial charge in [0.25, 0.3) is 0 Å². The van der Waals surface area contributed by atoms with E-state index in [1.54, 1.807) is 24.8 Å². The first-order valence-corrected chi connectivity index (χ1v) is 8.83. The summed E-state index contributed by atoms with van der Waals surface area (Å²) >= 11 is 1.73. The van der Waals surface area contributed by atoms with Gasteiger partial charge in [0.1, 0.15) is 16.1 Å². The number of nitrogens with one attached hydrogen (secondary N) is 1. The first-order valence-electron chi connectivity index (χ1n) is 8.02. The van der Waals surface area contributed by atoms with E-state index in [4.69, 9.17) is 10.1 Å². The quantitative estimate of drug-likeness (QED) is 0.797. The fourth-order valence-corrected chi connectivity index (χ4v) is 4.58. The number of ether oxygens (including phenoxy) is 1. The summed E-state index contributed by atoms with van der Waals surface area (Å²) in [4.78, 5) is 9.29. The number of para-hydroxylation sites is 1. The van der Waals surface area contributed by atoms with Crippen LogP contribution < -0.4 is 10.2 Å². The molecule has 6 heteroatoms. The largest absolute Gasteiger partial charge is 0.496 e. The molecule has 1 aromatic carbocycles. The SMILES string of the molecule is COc1ccccc1Cn1cnc2sc3c(c2c1=N)CCN(C)C3. The van der Waals surface area contributed by atoms with Crippen molar-refractivity contribution in [3.05, 3.63) is 52.1 Å². The summed E-state index contributed by atoms with van der Waals surface area (Å²) in [6.45, 7) is 2.60. The van der Waals surface area contributed by atoms with Gasteiger partial charge in [-0.25, -0.2) is 4.98 Å². The zero-order chi connectivity index (χ0) is 16.7. The Morgan fingerprint density at radius 3 is 3.00 bits per heavy atom. The zero-order valence-electron chi connectivity index (χ0n) is 13.9. The topological polar surface area (TPSA) is 54.1 Å². The van der Waals surface area contributed by atoms with Crippen molar-refractivity contribution in [3.63, 3.8) is 0 Å². The summed E-state index contributed by atoms with van der Waals surface area (Å²) < 4.78 is 7.34. The molecule has 0 fully saturated rings. The molecule has 24 heavy (non-hydrogen) atoms. The van der Waals surface area contributed by atoms with Crippen LogP contribution in [0.5, 0.6) is 5.75 Å². The first-order chi connectivity index (χ1) is 11.7. The van der Waals surface area contributed by atoms with E-state index in [1.807, 2.05) is 28.8 Å². The van der Waals surface area contributed by atoms with Crippen molar-refractivity contribution in [2.75, 3.05) is 20.7 Å². The number of rotatable bonds is 3. The maximum absolute atomic E-state index is 8.70. The first kappa shape index (κ1) is 15.4. The van der Waals surface area contributed by atoms with Crippen LogP contribution >= 0.6 is 11.3 Å². The molecule has 124 valence electrons. The number of nitrogens with zero attached hydrogens (tertiary/aromatic N) is 3. The molecule has 2 aromatic heterocycles. The second-order valence-electron chi connectivity index (χ2n) is 6.20. The highest BCUT2D eigenvalue weighted by atomic mass is 32.1. The highest BCUT2D eigenvalue weighted by molar-refractivity contribution is 7.18. The van der Waals surface area contributed by atoms with Crippen LogP contribution in [0.2, 0.25) is 0 Å². The Hall–Kier alpha value is -2.18. The fraction of sp³-hybridized carbons (Fsp3) is 0.333. The molecule has 4 rings (SSSR count). The minimum Gasteiger partial charge on any atom is -0.496 e. The molecule has 1 N–H and O–H groups in total. The van der Waals surface area contributed by atoms with Crippen LogP contribution in [0.15, 0.2) is 30.6 Å². The molecule has 0 radical (unpaired) electrons. The zero-order valence-corrected chi connectivity index (χ0v) is 14.7. The van der Waals surface area contributed by atoms with Crippen molar-refractivity contribution in [1.29, 1.82) is 5.41 Å².